The van der Waals surface area contributed by atoms with Gasteiger partial charge in [0, 0.05) is 55.1 Å². The molecule has 7 nitrogen and oxygen atoms in total. The first-order valence-electron chi connectivity index (χ1n) is 12.2. The van der Waals surface area contributed by atoms with E-state index >= 15 is 0 Å². The third kappa shape index (κ3) is 6.72. The third-order valence-corrected chi connectivity index (χ3v) is 7.24. The van der Waals surface area contributed by atoms with Crippen molar-refractivity contribution in [2.45, 2.75) is 50.0 Å². The number of carbonyl (C=O) groups is 2. The number of amides is 2. The van der Waals surface area contributed by atoms with Crippen LogP contribution in [0.25, 0.3) is 0 Å². The van der Waals surface area contributed by atoms with Gasteiger partial charge < -0.3 is 14.8 Å². The Labute approximate surface area is 211 Å². The van der Waals surface area contributed by atoms with Crippen LogP contribution < -0.4 is 5.32 Å². The number of benzene rings is 1. The van der Waals surface area contributed by atoms with Crippen LogP contribution in [0, 0.1) is 6.92 Å². The standard InChI is InChI=1S/C27H33N5O2S/c1-20-4-9-24(27(34)29-12-3-14-31-17-13-28-19-31)26(30-20)22-10-15-32(16-11-22)25(33)18-21-5-7-23(35-2)8-6-21/h4-9,13,17,19,22H,3,10-12,14-16,18H2,1-2H3,(H,29,34). The number of hydrogen-bond donors (Lipinski definition) is 1. The smallest absolute Gasteiger partial charge is 0.253 e. The second-order valence-electron chi connectivity index (χ2n) is 8.98. The zero-order valence-electron chi connectivity index (χ0n) is 20.4. The van der Waals surface area contributed by atoms with Crippen molar-refractivity contribution in [2.75, 3.05) is 25.9 Å². The fourth-order valence-electron chi connectivity index (χ4n) is 4.49. The average molecular weight is 492 g/mol. The Morgan fingerprint density at radius 1 is 1.11 bits per heavy atom. The van der Waals surface area contributed by atoms with E-state index in [1.165, 1.54) is 4.90 Å². The van der Waals surface area contributed by atoms with Crippen LogP contribution >= 0.6 is 11.8 Å². The second kappa shape index (κ2) is 12.0. The first-order valence-corrected chi connectivity index (χ1v) is 13.4. The Morgan fingerprint density at radius 3 is 2.57 bits per heavy atom. The summed E-state index contributed by atoms with van der Waals surface area (Å²) < 4.78 is 2.00. The maximum atomic E-state index is 13.0. The van der Waals surface area contributed by atoms with E-state index < -0.39 is 0 Å². The molecule has 4 rings (SSSR count). The summed E-state index contributed by atoms with van der Waals surface area (Å²) in [5, 5.41) is 3.04. The van der Waals surface area contributed by atoms with E-state index in [-0.39, 0.29) is 17.7 Å². The lowest BCUT2D eigenvalue weighted by atomic mass is 9.89. The van der Waals surface area contributed by atoms with Gasteiger partial charge in [-0.3, -0.25) is 14.6 Å². The van der Waals surface area contributed by atoms with E-state index in [1.807, 2.05) is 53.1 Å². The predicted molar refractivity (Wildman–Crippen MR) is 139 cm³/mol. The summed E-state index contributed by atoms with van der Waals surface area (Å²) in [6, 6.07) is 12.0. The number of imidazole rings is 1. The Bertz CT molecular complexity index is 1120. The second-order valence-corrected chi connectivity index (χ2v) is 9.85. The molecule has 0 saturated carbocycles. The molecule has 0 aliphatic carbocycles. The van der Waals surface area contributed by atoms with Crippen molar-refractivity contribution in [2.24, 2.45) is 0 Å². The number of carbonyl (C=O) groups excluding carboxylic acids is 2. The molecule has 1 aliphatic rings. The molecule has 0 unspecified atom stereocenters. The minimum Gasteiger partial charge on any atom is -0.352 e. The van der Waals surface area contributed by atoms with Crippen LogP contribution in [0.2, 0.25) is 0 Å². The van der Waals surface area contributed by atoms with Gasteiger partial charge in [-0.1, -0.05) is 12.1 Å². The molecule has 1 aromatic carbocycles. The van der Waals surface area contributed by atoms with E-state index in [9.17, 15) is 9.59 Å². The molecule has 1 N–H and O–H groups in total. The van der Waals surface area contributed by atoms with Gasteiger partial charge in [-0.15, -0.1) is 11.8 Å². The zero-order chi connectivity index (χ0) is 24.6. The first kappa shape index (κ1) is 25.0. The van der Waals surface area contributed by atoms with Crippen LogP contribution in [0.5, 0.6) is 0 Å². The molecule has 2 aromatic heterocycles. The number of nitrogens with one attached hydrogen (secondary N) is 1. The van der Waals surface area contributed by atoms with Gasteiger partial charge in [0.05, 0.1) is 24.0 Å². The molecule has 184 valence electrons. The molecule has 0 radical (unpaired) electrons. The molecular formula is C27H33N5O2S. The quantitative estimate of drug-likeness (QED) is 0.360. The molecule has 2 amide bonds. The fraction of sp³-hybridized carbons (Fsp3) is 0.407. The Balaban J connectivity index is 1.32. The highest BCUT2D eigenvalue weighted by atomic mass is 32.2. The van der Waals surface area contributed by atoms with Crippen LogP contribution in [-0.2, 0) is 17.8 Å². The summed E-state index contributed by atoms with van der Waals surface area (Å²) in [7, 11) is 0. The molecule has 1 aliphatic heterocycles. The van der Waals surface area contributed by atoms with Crippen LogP contribution in [0.1, 0.15) is 52.5 Å². The van der Waals surface area contributed by atoms with Gasteiger partial charge in [0.15, 0.2) is 0 Å². The fourth-order valence-corrected chi connectivity index (χ4v) is 4.90. The molecule has 3 heterocycles. The summed E-state index contributed by atoms with van der Waals surface area (Å²) in [5.74, 6) is 0.255. The molecular weight excluding hydrogens is 458 g/mol. The Kier molecular flexibility index (Phi) is 8.58. The number of aryl methyl sites for hydroxylation is 2. The van der Waals surface area contributed by atoms with Crippen molar-refractivity contribution >= 4 is 23.6 Å². The number of nitrogens with zero attached hydrogens (tertiary/aromatic N) is 4. The lowest BCUT2D eigenvalue weighted by Crippen LogP contribution is -2.39. The highest BCUT2D eigenvalue weighted by Crippen LogP contribution is 2.30. The van der Waals surface area contributed by atoms with Gasteiger partial charge >= 0.3 is 0 Å². The normalized spacial score (nSPS) is 14.2. The van der Waals surface area contributed by atoms with Gasteiger partial charge in [-0.2, -0.15) is 0 Å². The summed E-state index contributed by atoms with van der Waals surface area (Å²) in [5.41, 5.74) is 3.46. The van der Waals surface area contributed by atoms with E-state index in [2.05, 4.69) is 22.4 Å². The lowest BCUT2D eigenvalue weighted by molar-refractivity contribution is -0.131. The highest BCUT2D eigenvalue weighted by Gasteiger charge is 2.28. The molecule has 0 bridgehead atoms. The maximum Gasteiger partial charge on any atom is 0.253 e. The largest absolute Gasteiger partial charge is 0.352 e. The van der Waals surface area contributed by atoms with E-state index in [0.29, 0.717) is 31.6 Å². The minimum atomic E-state index is -0.0784. The lowest BCUT2D eigenvalue weighted by Gasteiger charge is -2.32. The number of rotatable bonds is 9. The number of piperidine rings is 1. The van der Waals surface area contributed by atoms with Gasteiger partial charge in [-0.25, -0.2) is 4.98 Å². The van der Waals surface area contributed by atoms with Crippen LogP contribution in [0.4, 0.5) is 0 Å². The zero-order valence-corrected chi connectivity index (χ0v) is 21.3. The van der Waals surface area contributed by atoms with Crippen molar-refractivity contribution in [3.05, 3.63) is 77.6 Å². The first-order chi connectivity index (χ1) is 17.0. The molecule has 1 fully saturated rings. The van der Waals surface area contributed by atoms with E-state index in [0.717, 1.165) is 42.8 Å². The van der Waals surface area contributed by atoms with E-state index in [1.54, 1.807) is 24.3 Å². The van der Waals surface area contributed by atoms with Crippen LogP contribution in [-0.4, -0.2) is 57.1 Å². The molecule has 8 heteroatoms. The predicted octanol–water partition coefficient (Wildman–Crippen LogP) is 4.08. The monoisotopic (exact) mass is 491 g/mol. The number of likely N-dealkylation sites (tertiary alicyclic amines) is 1. The molecule has 0 spiro atoms. The molecule has 35 heavy (non-hydrogen) atoms. The molecule has 1 saturated heterocycles. The number of thioether (sulfide) groups is 1. The van der Waals surface area contributed by atoms with Crippen molar-refractivity contribution in [3.63, 3.8) is 0 Å². The van der Waals surface area contributed by atoms with Gasteiger partial charge in [-0.05, 0) is 62.3 Å². The summed E-state index contributed by atoms with van der Waals surface area (Å²) in [6.07, 6.45) is 10.4. The minimum absolute atomic E-state index is 0.0784. The van der Waals surface area contributed by atoms with Crippen molar-refractivity contribution < 1.29 is 9.59 Å². The maximum absolute atomic E-state index is 13.0. The van der Waals surface area contributed by atoms with E-state index in [4.69, 9.17) is 4.98 Å². The third-order valence-electron chi connectivity index (χ3n) is 6.50. The number of pyridine rings is 1. The topological polar surface area (TPSA) is 80.1 Å². The van der Waals surface area contributed by atoms with Crippen molar-refractivity contribution in [3.8, 4) is 0 Å². The number of hydrogen-bond acceptors (Lipinski definition) is 5. The van der Waals surface area contributed by atoms with Crippen LogP contribution in [0.15, 0.2) is 60.0 Å². The molecule has 3 aromatic rings. The van der Waals surface area contributed by atoms with Gasteiger partial charge in [0.1, 0.15) is 0 Å². The van der Waals surface area contributed by atoms with Crippen molar-refractivity contribution in [1.82, 2.24) is 24.8 Å². The van der Waals surface area contributed by atoms with Crippen molar-refractivity contribution in [1.29, 1.82) is 0 Å². The SMILES string of the molecule is CSc1ccc(CC(=O)N2CCC(c3nc(C)ccc3C(=O)NCCCn3ccnc3)CC2)cc1. The van der Waals surface area contributed by atoms with Gasteiger partial charge in [0.25, 0.3) is 5.91 Å². The van der Waals surface area contributed by atoms with Gasteiger partial charge in [0.2, 0.25) is 5.91 Å². The Hall–Kier alpha value is -3.13. The van der Waals surface area contributed by atoms with Crippen LogP contribution in [0.3, 0.4) is 0 Å². The summed E-state index contributed by atoms with van der Waals surface area (Å²) in [6.45, 7) is 4.74. The number of aromatic nitrogens is 3. The molecule has 0 atom stereocenters. The highest BCUT2D eigenvalue weighted by molar-refractivity contribution is 7.98. The average Bonchev–Trinajstić information content (AvgIpc) is 3.40. The summed E-state index contributed by atoms with van der Waals surface area (Å²) >= 11 is 1.70. The summed E-state index contributed by atoms with van der Waals surface area (Å²) in [4.78, 5) is 37.8. The Morgan fingerprint density at radius 2 is 1.89 bits per heavy atom.